The summed E-state index contributed by atoms with van der Waals surface area (Å²) >= 11 is 3.54. The zero-order valence-corrected chi connectivity index (χ0v) is 12.9. The smallest absolute Gasteiger partial charge is 0.119 e. The summed E-state index contributed by atoms with van der Waals surface area (Å²) in [5, 5.41) is 10.9. The van der Waals surface area contributed by atoms with Gasteiger partial charge >= 0.3 is 0 Å². The molecule has 0 aliphatic heterocycles. The molecule has 104 valence electrons. The van der Waals surface area contributed by atoms with Gasteiger partial charge in [-0.1, -0.05) is 17.9 Å². The molecule has 2 nitrogen and oxygen atoms in total. The van der Waals surface area contributed by atoms with E-state index in [4.69, 9.17) is 9.84 Å². The van der Waals surface area contributed by atoms with Crippen molar-refractivity contribution in [2.75, 3.05) is 13.7 Å². The van der Waals surface area contributed by atoms with Crippen LogP contribution in [0.15, 0.2) is 39.9 Å². The fraction of sp³-hybridized carbons (Fsp3) is 0.250. The second-order valence-corrected chi connectivity index (χ2v) is 6.24. The molecule has 0 radical (unpaired) electrons. The van der Waals surface area contributed by atoms with Crippen LogP contribution in [0.4, 0.5) is 0 Å². The Bertz CT molecular complexity index is 595. The van der Waals surface area contributed by atoms with Gasteiger partial charge in [0.05, 0.1) is 17.9 Å². The number of hydrogen-bond acceptors (Lipinski definition) is 4. The second kappa shape index (κ2) is 8.01. The molecule has 0 spiro atoms. The molecular formula is C16H16O2S2. The fourth-order valence-corrected chi connectivity index (χ4v) is 3.42. The lowest BCUT2D eigenvalue weighted by Crippen LogP contribution is -1.91. The monoisotopic (exact) mass is 304 g/mol. The van der Waals surface area contributed by atoms with Crippen LogP contribution in [0.5, 0.6) is 5.75 Å². The molecule has 0 fully saturated rings. The van der Waals surface area contributed by atoms with Crippen LogP contribution >= 0.6 is 23.1 Å². The van der Waals surface area contributed by atoms with Gasteiger partial charge in [-0.15, -0.1) is 23.1 Å². The fourth-order valence-electron chi connectivity index (χ4n) is 1.65. The van der Waals surface area contributed by atoms with E-state index in [1.807, 2.05) is 18.2 Å². The highest BCUT2D eigenvalue weighted by Gasteiger charge is 2.04. The highest BCUT2D eigenvalue weighted by molar-refractivity contribution is 8.00. The second-order valence-electron chi connectivity index (χ2n) is 4.02. The molecule has 20 heavy (non-hydrogen) atoms. The van der Waals surface area contributed by atoms with Gasteiger partial charge in [0.25, 0.3) is 0 Å². The van der Waals surface area contributed by atoms with Crippen molar-refractivity contribution in [1.82, 2.24) is 0 Å². The maximum Gasteiger partial charge on any atom is 0.119 e. The molecule has 0 saturated carbocycles. The molecule has 2 rings (SSSR count). The Morgan fingerprint density at radius 1 is 1.35 bits per heavy atom. The van der Waals surface area contributed by atoms with E-state index in [1.165, 1.54) is 4.21 Å². The Kier molecular flexibility index (Phi) is 6.00. The van der Waals surface area contributed by atoms with Crippen molar-refractivity contribution < 1.29 is 9.84 Å². The topological polar surface area (TPSA) is 29.5 Å². The Balaban J connectivity index is 2.16. The molecule has 4 heteroatoms. The quantitative estimate of drug-likeness (QED) is 0.673. The minimum absolute atomic E-state index is 0.0996. The van der Waals surface area contributed by atoms with Crippen molar-refractivity contribution in [3.8, 4) is 17.6 Å². The van der Waals surface area contributed by atoms with E-state index in [1.54, 1.807) is 30.2 Å². The van der Waals surface area contributed by atoms with E-state index in [0.717, 1.165) is 22.6 Å². The molecule has 1 N–H and O–H groups in total. The maximum absolute atomic E-state index is 8.80. The molecular weight excluding hydrogens is 288 g/mol. The number of benzene rings is 1. The van der Waals surface area contributed by atoms with E-state index >= 15 is 0 Å². The molecule has 0 aliphatic carbocycles. The molecule has 0 atom stereocenters. The highest BCUT2D eigenvalue weighted by Crippen LogP contribution is 2.29. The number of thioether (sulfide) groups is 1. The third-order valence-corrected chi connectivity index (χ3v) is 4.82. The predicted octanol–water partition coefficient (Wildman–Crippen LogP) is 3.78. The summed E-state index contributed by atoms with van der Waals surface area (Å²) in [6.07, 6.45) is 0.504. The van der Waals surface area contributed by atoms with Gasteiger partial charge in [0, 0.05) is 17.7 Å². The van der Waals surface area contributed by atoms with Gasteiger partial charge in [-0.2, -0.15) is 0 Å². The molecule has 1 aromatic carbocycles. The van der Waals surface area contributed by atoms with Crippen molar-refractivity contribution in [2.24, 2.45) is 0 Å². The van der Waals surface area contributed by atoms with Gasteiger partial charge < -0.3 is 9.84 Å². The SMILES string of the molecule is COc1ccc(C#CCCO)c(CSc2cccs2)c1. The third-order valence-electron chi connectivity index (χ3n) is 2.64. The zero-order valence-electron chi connectivity index (χ0n) is 11.3. The normalized spacial score (nSPS) is 9.90. The molecule has 1 aromatic heterocycles. The summed E-state index contributed by atoms with van der Waals surface area (Å²) < 4.78 is 6.57. The first kappa shape index (κ1) is 15.0. The number of thiophene rings is 1. The van der Waals surface area contributed by atoms with Crippen LogP contribution in [0.1, 0.15) is 17.5 Å². The van der Waals surface area contributed by atoms with Gasteiger partial charge in [-0.3, -0.25) is 0 Å². The lowest BCUT2D eigenvalue weighted by molar-refractivity contribution is 0.305. The van der Waals surface area contributed by atoms with Gasteiger partial charge in [-0.25, -0.2) is 0 Å². The van der Waals surface area contributed by atoms with Crippen molar-refractivity contribution in [3.05, 3.63) is 46.8 Å². The third kappa shape index (κ3) is 4.31. The Morgan fingerprint density at radius 3 is 2.95 bits per heavy atom. The number of rotatable bonds is 5. The Morgan fingerprint density at radius 2 is 2.25 bits per heavy atom. The summed E-state index contributed by atoms with van der Waals surface area (Å²) in [7, 11) is 1.67. The van der Waals surface area contributed by atoms with Crippen molar-refractivity contribution >= 4 is 23.1 Å². The van der Waals surface area contributed by atoms with Crippen LogP contribution in [0, 0.1) is 11.8 Å². The number of ether oxygens (including phenoxy) is 1. The van der Waals surface area contributed by atoms with Gasteiger partial charge in [0.2, 0.25) is 0 Å². The summed E-state index contributed by atoms with van der Waals surface area (Å²) in [4.78, 5) is 0. The van der Waals surface area contributed by atoms with Crippen LogP contribution in [-0.4, -0.2) is 18.8 Å². The van der Waals surface area contributed by atoms with Gasteiger partial charge in [-0.05, 0) is 35.2 Å². The van der Waals surface area contributed by atoms with Crippen LogP contribution in [0.3, 0.4) is 0 Å². The van der Waals surface area contributed by atoms with Gasteiger partial charge in [0.1, 0.15) is 5.75 Å². The van der Waals surface area contributed by atoms with Crippen LogP contribution in [-0.2, 0) is 5.75 Å². The molecule has 2 aromatic rings. The van der Waals surface area contributed by atoms with Gasteiger partial charge in [0.15, 0.2) is 0 Å². The Labute approximate surface area is 127 Å². The van der Waals surface area contributed by atoms with Crippen molar-refractivity contribution in [2.45, 2.75) is 16.4 Å². The Hall–Kier alpha value is -1.41. The molecule has 1 heterocycles. The highest BCUT2D eigenvalue weighted by atomic mass is 32.2. The molecule has 0 saturated heterocycles. The zero-order chi connectivity index (χ0) is 14.2. The first-order valence-electron chi connectivity index (χ1n) is 6.26. The lowest BCUT2D eigenvalue weighted by Gasteiger charge is -2.07. The average molecular weight is 304 g/mol. The summed E-state index contributed by atoms with van der Waals surface area (Å²) in [6.45, 7) is 0.0996. The molecule has 0 unspecified atom stereocenters. The first-order chi connectivity index (χ1) is 9.83. The largest absolute Gasteiger partial charge is 0.497 e. The number of hydrogen-bond donors (Lipinski definition) is 1. The number of aliphatic hydroxyl groups excluding tert-OH is 1. The number of aliphatic hydroxyl groups is 1. The van der Waals surface area contributed by atoms with E-state index in [2.05, 4.69) is 29.4 Å². The van der Waals surface area contributed by atoms with E-state index in [9.17, 15) is 0 Å². The van der Waals surface area contributed by atoms with E-state index in [0.29, 0.717) is 6.42 Å². The maximum atomic E-state index is 8.80. The predicted molar refractivity (Wildman–Crippen MR) is 85.5 cm³/mol. The summed E-state index contributed by atoms with van der Waals surface area (Å²) in [5.74, 6) is 7.80. The molecule has 0 bridgehead atoms. The molecule has 0 amide bonds. The van der Waals surface area contributed by atoms with Crippen LogP contribution < -0.4 is 4.74 Å². The first-order valence-corrected chi connectivity index (χ1v) is 8.13. The summed E-state index contributed by atoms with van der Waals surface area (Å²) in [6, 6.07) is 10.1. The lowest BCUT2D eigenvalue weighted by atomic mass is 10.1. The number of methoxy groups -OCH3 is 1. The van der Waals surface area contributed by atoms with Crippen molar-refractivity contribution in [3.63, 3.8) is 0 Å². The minimum Gasteiger partial charge on any atom is -0.497 e. The van der Waals surface area contributed by atoms with Crippen LogP contribution in [0.2, 0.25) is 0 Å². The molecule has 0 aliphatic rings. The standard InChI is InChI=1S/C16H16O2S2/c1-18-15-8-7-13(5-2-3-9-17)14(11-15)12-20-16-6-4-10-19-16/h4,6-8,10-11,17H,3,9,12H2,1H3. The average Bonchev–Trinajstić information content (AvgIpc) is 2.99. The summed E-state index contributed by atoms with van der Waals surface area (Å²) in [5.41, 5.74) is 2.16. The van der Waals surface area contributed by atoms with Crippen molar-refractivity contribution in [1.29, 1.82) is 0 Å². The van der Waals surface area contributed by atoms with E-state index < -0.39 is 0 Å². The minimum atomic E-state index is 0.0996. The van der Waals surface area contributed by atoms with E-state index in [-0.39, 0.29) is 6.61 Å². The van der Waals surface area contributed by atoms with Crippen LogP contribution in [0.25, 0.3) is 0 Å².